The molecular weight excluding hydrogens is 480 g/mol. The van der Waals surface area contributed by atoms with Crippen LogP contribution < -0.4 is 10.6 Å². The Morgan fingerprint density at radius 1 is 1.08 bits per heavy atom. The molecule has 0 saturated heterocycles. The van der Waals surface area contributed by atoms with Gasteiger partial charge in [0.1, 0.15) is 5.54 Å². The number of nitrogens with one attached hydrogen (secondary N) is 3. The maximum Gasteiger partial charge on any atom is 0.245 e. The van der Waals surface area contributed by atoms with Crippen LogP contribution in [-0.2, 0) is 27.8 Å². The van der Waals surface area contributed by atoms with Crippen LogP contribution in [0.25, 0.3) is 10.9 Å². The summed E-state index contributed by atoms with van der Waals surface area (Å²) >= 11 is 1.56. The fraction of sp³-hybridized carbons (Fsp3) is 0.367. The van der Waals surface area contributed by atoms with Crippen molar-refractivity contribution >= 4 is 34.1 Å². The summed E-state index contributed by atoms with van der Waals surface area (Å²) in [5.41, 5.74) is 2.71. The van der Waals surface area contributed by atoms with Gasteiger partial charge in [-0.25, -0.2) is 0 Å². The standard InChI is InChI=1S/C30H34N4O2S/c1-29(34-27(35)17-22-12-16-37-20-22,18-23-19-32-25-10-4-3-9-24(23)25)28(36)33-21-30(13-6-2-7-14-30)26-11-5-8-15-31-26/h3-5,8-12,15-16,19-20,32H,2,6-7,13-14,17-18,21H2,1H3,(H,33,36)(H,34,35)/t29-/m0/s1. The number of aromatic nitrogens is 2. The maximum atomic E-state index is 13.9. The summed E-state index contributed by atoms with van der Waals surface area (Å²) in [4.78, 5) is 35.0. The Kier molecular flexibility index (Phi) is 7.42. The van der Waals surface area contributed by atoms with E-state index in [0.29, 0.717) is 13.0 Å². The van der Waals surface area contributed by atoms with E-state index in [1.807, 2.05) is 72.5 Å². The Morgan fingerprint density at radius 2 is 1.89 bits per heavy atom. The van der Waals surface area contributed by atoms with E-state index in [0.717, 1.165) is 53.4 Å². The number of H-pyrrole nitrogens is 1. The molecule has 1 fully saturated rings. The molecule has 2 amide bonds. The summed E-state index contributed by atoms with van der Waals surface area (Å²) in [6.07, 6.45) is 9.85. The van der Waals surface area contributed by atoms with Crippen LogP contribution in [0.1, 0.15) is 55.8 Å². The largest absolute Gasteiger partial charge is 0.361 e. The predicted molar refractivity (Wildman–Crippen MR) is 149 cm³/mol. The average Bonchev–Trinajstić information content (AvgIpc) is 3.58. The number of benzene rings is 1. The zero-order chi connectivity index (χ0) is 25.7. The second-order valence-electron chi connectivity index (χ2n) is 10.5. The summed E-state index contributed by atoms with van der Waals surface area (Å²) in [6.45, 7) is 2.34. The van der Waals surface area contributed by atoms with Crippen molar-refractivity contribution in [2.75, 3.05) is 6.54 Å². The van der Waals surface area contributed by atoms with E-state index in [1.165, 1.54) is 6.42 Å². The van der Waals surface area contributed by atoms with Crippen LogP contribution >= 0.6 is 11.3 Å². The van der Waals surface area contributed by atoms with E-state index in [-0.39, 0.29) is 23.7 Å². The molecule has 0 bridgehead atoms. The Labute approximate surface area is 221 Å². The normalized spacial score (nSPS) is 16.7. The van der Waals surface area contributed by atoms with Crippen molar-refractivity contribution in [2.45, 2.75) is 62.8 Å². The zero-order valence-electron chi connectivity index (χ0n) is 21.3. The minimum absolute atomic E-state index is 0.159. The molecule has 1 aliphatic carbocycles. The lowest BCUT2D eigenvalue weighted by Gasteiger charge is -2.38. The van der Waals surface area contributed by atoms with E-state index in [1.54, 1.807) is 11.3 Å². The van der Waals surface area contributed by atoms with Gasteiger partial charge in [0.15, 0.2) is 0 Å². The average molecular weight is 515 g/mol. The van der Waals surface area contributed by atoms with Gasteiger partial charge in [0.25, 0.3) is 0 Å². The molecule has 0 spiro atoms. The summed E-state index contributed by atoms with van der Waals surface area (Å²) in [6, 6.07) is 16.0. The molecular formula is C30H34N4O2S. The number of amides is 2. The smallest absolute Gasteiger partial charge is 0.245 e. The summed E-state index contributed by atoms with van der Waals surface area (Å²) in [5, 5.41) is 11.3. The van der Waals surface area contributed by atoms with Crippen LogP contribution in [0.5, 0.6) is 0 Å². The molecule has 3 N–H and O–H groups in total. The number of hydrogen-bond acceptors (Lipinski definition) is 4. The molecule has 4 aromatic rings. The first-order valence-electron chi connectivity index (χ1n) is 13.0. The maximum absolute atomic E-state index is 13.9. The molecule has 37 heavy (non-hydrogen) atoms. The number of carbonyl (C=O) groups excluding carboxylic acids is 2. The lowest BCUT2D eigenvalue weighted by atomic mass is 9.71. The number of nitrogens with zero attached hydrogens (tertiary/aromatic N) is 1. The van der Waals surface area contributed by atoms with Crippen LogP contribution in [0.4, 0.5) is 0 Å². The molecule has 0 unspecified atom stereocenters. The van der Waals surface area contributed by atoms with Crippen molar-refractivity contribution in [1.82, 2.24) is 20.6 Å². The highest BCUT2D eigenvalue weighted by Gasteiger charge is 2.40. The Bertz CT molecular complexity index is 1340. The van der Waals surface area contributed by atoms with Gasteiger partial charge in [0.05, 0.1) is 6.42 Å². The first-order valence-corrected chi connectivity index (χ1v) is 14.0. The number of thiophene rings is 1. The number of rotatable bonds is 9. The summed E-state index contributed by atoms with van der Waals surface area (Å²) in [7, 11) is 0. The molecule has 0 aliphatic heterocycles. The number of carbonyl (C=O) groups is 2. The van der Waals surface area contributed by atoms with E-state index < -0.39 is 5.54 Å². The van der Waals surface area contributed by atoms with Crippen LogP contribution in [0.15, 0.2) is 71.7 Å². The first-order chi connectivity index (χ1) is 18.0. The van der Waals surface area contributed by atoms with Gasteiger partial charge >= 0.3 is 0 Å². The molecule has 1 atom stereocenters. The molecule has 1 saturated carbocycles. The molecule has 192 valence electrons. The highest BCUT2D eigenvalue weighted by molar-refractivity contribution is 7.08. The van der Waals surface area contributed by atoms with Crippen molar-refractivity contribution in [3.8, 4) is 0 Å². The van der Waals surface area contributed by atoms with Gasteiger partial charge in [-0.1, -0.05) is 43.5 Å². The lowest BCUT2D eigenvalue weighted by molar-refractivity contribution is -0.133. The number of aromatic amines is 1. The van der Waals surface area contributed by atoms with E-state index in [2.05, 4.69) is 26.7 Å². The second-order valence-corrected chi connectivity index (χ2v) is 11.2. The fourth-order valence-electron chi connectivity index (χ4n) is 5.64. The molecule has 6 nitrogen and oxygen atoms in total. The second kappa shape index (κ2) is 10.9. The molecule has 1 aromatic carbocycles. The van der Waals surface area contributed by atoms with Crippen LogP contribution in [0, 0.1) is 0 Å². The Hall–Kier alpha value is -3.45. The third-order valence-electron chi connectivity index (χ3n) is 7.69. The molecule has 5 rings (SSSR count). The van der Waals surface area contributed by atoms with E-state index >= 15 is 0 Å². The third-order valence-corrected chi connectivity index (χ3v) is 8.42. The number of para-hydroxylation sites is 1. The first kappa shape index (κ1) is 25.2. The van der Waals surface area contributed by atoms with Gasteiger partial charge in [0.2, 0.25) is 11.8 Å². The monoisotopic (exact) mass is 514 g/mol. The van der Waals surface area contributed by atoms with Gasteiger partial charge < -0.3 is 15.6 Å². The number of hydrogen-bond donors (Lipinski definition) is 3. The van der Waals surface area contributed by atoms with Gasteiger partial charge in [0, 0.05) is 47.4 Å². The Balaban J connectivity index is 1.39. The van der Waals surface area contributed by atoms with Gasteiger partial charge in [-0.05, 0) is 65.9 Å². The highest BCUT2D eigenvalue weighted by atomic mass is 32.1. The van der Waals surface area contributed by atoms with E-state index in [4.69, 9.17) is 0 Å². The van der Waals surface area contributed by atoms with Crippen molar-refractivity contribution in [1.29, 1.82) is 0 Å². The molecule has 1 aliphatic rings. The van der Waals surface area contributed by atoms with Gasteiger partial charge in [-0.15, -0.1) is 0 Å². The topological polar surface area (TPSA) is 86.9 Å². The Morgan fingerprint density at radius 3 is 2.65 bits per heavy atom. The number of fused-ring (bicyclic) bond motifs is 1. The fourth-order valence-corrected chi connectivity index (χ4v) is 6.31. The van der Waals surface area contributed by atoms with Crippen LogP contribution in [-0.4, -0.2) is 33.9 Å². The lowest BCUT2D eigenvalue weighted by Crippen LogP contribution is -2.60. The molecule has 7 heteroatoms. The highest BCUT2D eigenvalue weighted by Crippen LogP contribution is 2.38. The van der Waals surface area contributed by atoms with Crippen molar-refractivity contribution in [3.63, 3.8) is 0 Å². The minimum atomic E-state index is -1.11. The molecule has 3 heterocycles. The van der Waals surface area contributed by atoms with E-state index in [9.17, 15) is 9.59 Å². The van der Waals surface area contributed by atoms with Crippen LogP contribution in [0.2, 0.25) is 0 Å². The van der Waals surface area contributed by atoms with Crippen molar-refractivity contribution in [3.05, 3.63) is 88.5 Å². The predicted octanol–water partition coefficient (Wildman–Crippen LogP) is 5.30. The van der Waals surface area contributed by atoms with Crippen molar-refractivity contribution < 1.29 is 9.59 Å². The summed E-state index contributed by atoms with van der Waals surface area (Å²) < 4.78 is 0. The SMILES string of the molecule is C[C@@](Cc1c[nH]c2ccccc12)(NC(=O)Cc1ccsc1)C(=O)NCC1(c2ccccn2)CCCCC1. The summed E-state index contributed by atoms with van der Waals surface area (Å²) in [5.74, 6) is -0.328. The van der Waals surface area contributed by atoms with Gasteiger partial charge in [-0.2, -0.15) is 11.3 Å². The third kappa shape index (κ3) is 5.62. The van der Waals surface area contributed by atoms with Gasteiger partial charge in [-0.3, -0.25) is 14.6 Å². The minimum Gasteiger partial charge on any atom is -0.361 e. The number of pyridine rings is 1. The zero-order valence-corrected chi connectivity index (χ0v) is 22.1. The molecule has 0 radical (unpaired) electrons. The quantitative estimate of drug-likeness (QED) is 0.283. The van der Waals surface area contributed by atoms with Crippen molar-refractivity contribution in [2.24, 2.45) is 0 Å². The molecule has 3 aromatic heterocycles. The van der Waals surface area contributed by atoms with Crippen LogP contribution in [0.3, 0.4) is 0 Å².